The van der Waals surface area contributed by atoms with Gasteiger partial charge in [0.25, 0.3) is 5.91 Å². The molecule has 122 valence electrons. The SMILES string of the molecule is CCCO[C@H]1CCCN(C(=O)c2c[nH]c3ccccc3c2=O)C1. The number of carbonyl (C=O) groups excluding carboxylic acids is 1. The van der Waals surface area contributed by atoms with Crippen molar-refractivity contribution >= 4 is 16.8 Å². The molecule has 0 spiro atoms. The number of aromatic nitrogens is 1. The van der Waals surface area contributed by atoms with Gasteiger partial charge in [-0.05, 0) is 31.4 Å². The van der Waals surface area contributed by atoms with Crippen LogP contribution in [0, 0.1) is 0 Å². The number of benzene rings is 1. The van der Waals surface area contributed by atoms with Crippen LogP contribution in [0.25, 0.3) is 10.9 Å². The fourth-order valence-electron chi connectivity index (χ4n) is 3.04. The second-order valence-electron chi connectivity index (χ2n) is 5.96. The number of para-hydroxylation sites is 1. The Kier molecular flexibility index (Phi) is 4.76. The van der Waals surface area contributed by atoms with Gasteiger partial charge in [0.2, 0.25) is 5.43 Å². The minimum atomic E-state index is -0.207. The average molecular weight is 314 g/mol. The highest BCUT2D eigenvalue weighted by atomic mass is 16.5. The van der Waals surface area contributed by atoms with Crippen LogP contribution in [0.3, 0.4) is 0 Å². The maximum absolute atomic E-state index is 12.7. The van der Waals surface area contributed by atoms with Crippen LogP contribution >= 0.6 is 0 Å². The van der Waals surface area contributed by atoms with Crippen LogP contribution in [0.1, 0.15) is 36.5 Å². The van der Waals surface area contributed by atoms with Crippen LogP contribution in [0.2, 0.25) is 0 Å². The first-order chi connectivity index (χ1) is 11.2. The molecule has 1 aliphatic rings. The van der Waals surface area contributed by atoms with Gasteiger partial charge in [-0.15, -0.1) is 0 Å². The number of pyridine rings is 1. The third kappa shape index (κ3) is 3.29. The van der Waals surface area contributed by atoms with Gasteiger partial charge in [-0.25, -0.2) is 0 Å². The molecular formula is C18H22N2O3. The molecule has 1 N–H and O–H groups in total. The summed E-state index contributed by atoms with van der Waals surface area (Å²) in [4.78, 5) is 30.1. The molecule has 5 nitrogen and oxygen atoms in total. The van der Waals surface area contributed by atoms with Crippen molar-refractivity contribution in [1.82, 2.24) is 9.88 Å². The van der Waals surface area contributed by atoms with Crippen LogP contribution in [-0.4, -0.2) is 41.6 Å². The van der Waals surface area contributed by atoms with E-state index >= 15 is 0 Å². The van der Waals surface area contributed by atoms with E-state index in [0.29, 0.717) is 25.1 Å². The second-order valence-corrected chi connectivity index (χ2v) is 5.96. The van der Waals surface area contributed by atoms with E-state index in [1.165, 1.54) is 6.20 Å². The van der Waals surface area contributed by atoms with E-state index < -0.39 is 0 Å². The number of likely N-dealkylation sites (tertiary alicyclic amines) is 1. The van der Waals surface area contributed by atoms with Gasteiger partial charge in [0.1, 0.15) is 5.56 Å². The van der Waals surface area contributed by atoms with Gasteiger partial charge in [0, 0.05) is 36.8 Å². The highest BCUT2D eigenvalue weighted by Crippen LogP contribution is 2.16. The molecule has 1 aromatic carbocycles. The molecule has 0 unspecified atom stereocenters. The number of ether oxygens (including phenoxy) is 1. The molecule has 0 aliphatic carbocycles. The van der Waals surface area contributed by atoms with E-state index in [2.05, 4.69) is 11.9 Å². The van der Waals surface area contributed by atoms with Gasteiger partial charge in [-0.2, -0.15) is 0 Å². The van der Waals surface area contributed by atoms with Crippen LogP contribution in [0.4, 0.5) is 0 Å². The summed E-state index contributed by atoms with van der Waals surface area (Å²) in [5.74, 6) is -0.207. The Hall–Kier alpha value is -2.14. The molecule has 0 bridgehead atoms. The molecule has 23 heavy (non-hydrogen) atoms. The Morgan fingerprint density at radius 3 is 3.04 bits per heavy atom. The number of hydrogen-bond acceptors (Lipinski definition) is 3. The van der Waals surface area contributed by atoms with Crippen molar-refractivity contribution < 1.29 is 9.53 Å². The van der Waals surface area contributed by atoms with Crippen molar-refractivity contribution in [2.24, 2.45) is 0 Å². The highest BCUT2D eigenvalue weighted by molar-refractivity contribution is 5.97. The first kappa shape index (κ1) is 15.7. The number of rotatable bonds is 4. The molecule has 1 aliphatic heterocycles. The summed E-state index contributed by atoms with van der Waals surface area (Å²) >= 11 is 0. The summed E-state index contributed by atoms with van der Waals surface area (Å²) in [6, 6.07) is 7.25. The largest absolute Gasteiger partial charge is 0.376 e. The average Bonchev–Trinajstić information content (AvgIpc) is 2.60. The Labute approximate surface area is 135 Å². The van der Waals surface area contributed by atoms with Crippen molar-refractivity contribution in [3.8, 4) is 0 Å². The van der Waals surface area contributed by atoms with E-state index in [1.54, 1.807) is 17.0 Å². The number of H-pyrrole nitrogens is 1. The van der Waals surface area contributed by atoms with Crippen LogP contribution < -0.4 is 5.43 Å². The number of carbonyl (C=O) groups is 1. The maximum atomic E-state index is 12.7. The van der Waals surface area contributed by atoms with Gasteiger partial charge >= 0.3 is 0 Å². The zero-order valence-corrected chi connectivity index (χ0v) is 13.4. The quantitative estimate of drug-likeness (QED) is 0.943. The molecule has 2 aromatic rings. The summed E-state index contributed by atoms with van der Waals surface area (Å²) in [5, 5.41) is 0.550. The Bertz CT molecular complexity index is 753. The van der Waals surface area contributed by atoms with Crippen molar-refractivity contribution in [1.29, 1.82) is 0 Å². The normalized spacial score (nSPS) is 18.3. The van der Waals surface area contributed by atoms with E-state index in [0.717, 1.165) is 24.8 Å². The predicted octanol–water partition coefficient (Wildman–Crippen LogP) is 2.56. The summed E-state index contributed by atoms with van der Waals surface area (Å²) in [7, 11) is 0. The molecule has 1 fully saturated rings. The zero-order valence-electron chi connectivity index (χ0n) is 13.4. The lowest BCUT2D eigenvalue weighted by atomic mass is 10.1. The Morgan fingerprint density at radius 2 is 2.22 bits per heavy atom. The van der Waals surface area contributed by atoms with E-state index in [-0.39, 0.29) is 23.0 Å². The number of amides is 1. The number of fused-ring (bicyclic) bond motifs is 1. The van der Waals surface area contributed by atoms with Gasteiger partial charge in [-0.1, -0.05) is 19.1 Å². The summed E-state index contributed by atoms with van der Waals surface area (Å²) in [6.45, 7) is 4.02. The van der Waals surface area contributed by atoms with E-state index in [9.17, 15) is 9.59 Å². The Morgan fingerprint density at radius 1 is 1.39 bits per heavy atom. The highest BCUT2D eigenvalue weighted by Gasteiger charge is 2.26. The standard InChI is InChI=1S/C18H22N2O3/c1-2-10-23-13-6-5-9-20(12-13)18(22)15-11-19-16-8-4-3-7-14(16)17(15)21/h3-4,7-8,11,13H,2,5-6,9-10,12H2,1H3,(H,19,21)/t13-/m0/s1. The van der Waals surface area contributed by atoms with Crippen molar-refractivity contribution in [3.05, 3.63) is 46.2 Å². The maximum Gasteiger partial charge on any atom is 0.259 e. The van der Waals surface area contributed by atoms with Gasteiger partial charge in [0.15, 0.2) is 0 Å². The lowest BCUT2D eigenvalue weighted by Crippen LogP contribution is -2.44. The molecule has 0 radical (unpaired) electrons. The van der Waals surface area contributed by atoms with Crippen molar-refractivity contribution in [2.75, 3.05) is 19.7 Å². The summed E-state index contributed by atoms with van der Waals surface area (Å²) in [5.41, 5.74) is 0.748. The number of piperidine rings is 1. The lowest BCUT2D eigenvalue weighted by molar-refractivity contribution is 0.00206. The molecule has 5 heteroatoms. The van der Waals surface area contributed by atoms with Gasteiger partial charge in [0.05, 0.1) is 6.10 Å². The summed E-state index contributed by atoms with van der Waals surface area (Å²) < 4.78 is 5.77. The zero-order chi connectivity index (χ0) is 16.2. The van der Waals surface area contributed by atoms with Gasteiger partial charge < -0.3 is 14.6 Å². The number of hydrogen-bond donors (Lipinski definition) is 1. The molecule has 1 saturated heterocycles. The fraction of sp³-hybridized carbons (Fsp3) is 0.444. The lowest BCUT2D eigenvalue weighted by Gasteiger charge is -2.32. The van der Waals surface area contributed by atoms with Crippen molar-refractivity contribution in [3.63, 3.8) is 0 Å². The topological polar surface area (TPSA) is 62.4 Å². The van der Waals surface area contributed by atoms with E-state index in [4.69, 9.17) is 4.74 Å². The minimum Gasteiger partial charge on any atom is -0.376 e. The first-order valence-corrected chi connectivity index (χ1v) is 8.22. The smallest absolute Gasteiger partial charge is 0.259 e. The molecule has 2 heterocycles. The molecule has 1 aromatic heterocycles. The van der Waals surface area contributed by atoms with E-state index in [1.807, 2.05) is 12.1 Å². The first-order valence-electron chi connectivity index (χ1n) is 8.22. The molecule has 3 rings (SSSR count). The monoisotopic (exact) mass is 314 g/mol. The minimum absolute atomic E-state index is 0.0761. The van der Waals surface area contributed by atoms with Gasteiger partial charge in [-0.3, -0.25) is 9.59 Å². The predicted molar refractivity (Wildman–Crippen MR) is 89.7 cm³/mol. The summed E-state index contributed by atoms with van der Waals surface area (Å²) in [6.07, 6.45) is 4.45. The fourth-order valence-corrected chi connectivity index (χ4v) is 3.04. The number of nitrogens with one attached hydrogen (secondary N) is 1. The molecule has 1 atom stereocenters. The second kappa shape index (κ2) is 6.96. The molecule has 1 amide bonds. The number of nitrogens with zero attached hydrogens (tertiary/aromatic N) is 1. The molecular weight excluding hydrogens is 292 g/mol. The van der Waals surface area contributed by atoms with Crippen LogP contribution in [0.5, 0.6) is 0 Å². The van der Waals surface area contributed by atoms with Crippen molar-refractivity contribution in [2.45, 2.75) is 32.3 Å². The Balaban J connectivity index is 1.82. The molecule has 0 saturated carbocycles. The third-order valence-electron chi connectivity index (χ3n) is 4.24. The van der Waals surface area contributed by atoms with Crippen LogP contribution in [0.15, 0.2) is 35.3 Å². The van der Waals surface area contributed by atoms with Crippen LogP contribution in [-0.2, 0) is 4.74 Å². The third-order valence-corrected chi connectivity index (χ3v) is 4.24. The number of aromatic amines is 1.